The van der Waals surface area contributed by atoms with Gasteiger partial charge in [-0.05, 0) is 13.2 Å². The highest BCUT2D eigenvalue weighted by atomic mass is 31.1. The van der Waals surface area contributed by atoms with Gasteiger partial charge in [0.2, 0.25) is 0 Å². The van der Waals surface area contributed by atoms with Crippen LogP contribution in [0.3, 0.4) is 0 Å². The summed E-state index contributed by atoms with van der Waals surface area (Å²) in [5.41, 5.74) is 0.596. The molecule has 0 amide bonds. The molecule has 0 radical (unpaired) electrons. The van der Waals surface area contributed by atoms with Gasteiger partial charge in [-0.2, -0.15) is 0 Å². The molecule has 0 aromatic carbocycles. The van der Waals surface area contributed by atoms with Crippen molar-refractivity contribution in [3.63, 3.8) is 0 Å². The van der Waals surface area contributed by atoms with Crippen LogP contribution in [0.5, 0.6) is 0 Å². The fourth-order valence-corrected chi connectivity index (χ4v) is 10.7. The van der Waals surface area contributed by atoms with E-state index in [0.717, 1.165) is 0 Å². The van der Waals surface area contributed by atoms with E-state index in [1.165, 1.54) is 0 Å². The van der Waals surface area contributed by atoms with Gasteiger partial charge in [-0.15, -0.1) is 0 Å². The van der Waals surface area contributed by atoms with Crippen LogP contribution in [0.4, 0.5) is 0 Å². The second kappa shape index (κ2) is 5.75. The summed E-state index contributed by atoms with van der Waals surface area (Å²) in [6.45, 7) is 14.7. The Hall–Kier alpha value is -0.433. The molecule has 1 nitrogen and oxygen atoms in total. The molecule has 20 heavy (non-hydrogen) atoms. The Morgan fingerprint density at radius 1 is 0.850 bits per heavy atom. The van der Waals surface area contributed by atoms with Crippen LogP contribution in [0, 0.1) is 0 Å². The largest absolute Gasteiger partial charge is 0.292 e. The molecule has 0 heterocycles. The maximum Gasteiger partial charge on any atom is 0.124 e. The highest BCUT2D eigenvalue weighted by Crippen LogP contribution is 2.60. The van der Waals surface area contributed by atoms with E-state index in [1.54, 1.807) is 0 Å². The third-order valence-electron chi connectivity index (χ3n) is 3.63. The third-order valence-corrected chi connectivity index (χ3v) is 10.8. The summed E-state index contributed by atoms with van der Waals surface area (Å²) in [5.74, 6) is 0. The first-order valence-electron chi connectivity index (χ1n) is 7.50. The average Bonchev–Trinajstić information content (AvgIpc) is 2.95. The minimum absolute atomic E-state index is 0.246. The third kappa shape index (κ3) is 3.42. The fraction of sp³-hybridized carbons (Fsp3) is 0.529. The molecule has 110 valence electrons. The lowest BCUT2D eigenvalue weighted by molar-refractivity contribution is 0.601. The van der Waals surface area contributed by atoms with Crippen LogP contribution in [-0.4, -0.2) is 29.4 Å². The molecule has 3 heteroatoms. The van der Waals surface area contributed by atoms with E-state index in [-0.39, 0.29) is 8.07 Å². The topological polar surface area (TPSA) is 3.24 Å². The van der Waals surface area contributed by atoms with Gasteiger partial charge in [0.25, 0.3) is 0 Å². The normalized spacial score (nSPS) is 21.6. The molecule has 0 N–H and O–H groups in total. The van der Waals surface area contributed by atoms with E-state index in [0.29, 0.717) is 16.9 Å². The van der Waals surface area contributed by atoms with Gasteiger partial charge in [-0.25, -0.2) is 0 Å². The van der Waals surface area contributed by atoms with Crippen molar-refractivity contribution in [3.8, 4) is 0 Å². The first kappa shape index (κ1) is 15.9. The summed E-state index contributed by atoms with van der Waals surface area (Å²) < 4.78 is 2.88. The van der Waals surface area contributed by atoms with E-state index < -0.39 is 8.24 Å². The summed E-state index contributed by atoms with van der Waals surface area (Å²) >= 11 is 0. The molecule has 2 aliphatic carbocycles. The van der Waals surface area contributed by atoms with Crippen molar-refractivity contribution in [1.82, 2.24) is 4.34 Å². The van der Waals surface area contributed by atoms with Crippen LogP contribution in [0.1, 0.15) is 20.8 Å². The molecule has 1 atom stereocenters. The lowest BCUT2D eigenvalue weighted by atomic mass is 10.3. The van der Waals surface area contributed by atoms with Crippen molar-refractivity contribution >= 4 is 16.3 Å². The molecule has 2 rings (SSSR count). The zero-order chi connectivity index (χ0) is 15.0. The van der Waals surface area contributed by atoms with Crippen LogP contribution in [0.15, 0.2) is 48.6 Å². The second-order valence-corrected chi connectivity index (χ2v) is 15.8. The van der Waals surface area contributed by atoms with E-state index >= 15 is 0 Å². The average molecular weight is 305 g/mol. The predicted molar refractivity (Wildman–Crippen MR) is 96.0 cm³/mol. The molecule has 0 saturated carbocycles. The Balaban J connectivity index is 2.41. The summed E-state index contributed by atoms with van der Waals surface area (Å²) in [4.78, 5) is 0. The number of nitrogens with zero attached hydrogens (tertiary/aromatic N) is 1. The zero-order valence-electron chi connectivity index (χ0n) is 13.7. The molecule has 0 saturated heterocycles. The maximum atomic E-state index is 2.88. The lowest BCUT2D eigenvalue weighted by Gasteiger charge is -2.51. The van der Waals surface area contributed by atoms with Crippen LogP contribution >= 0.6 is 8.07 Å². The first-order chi connectivity index (χ1) is 9.21. The van der Waals surface area contributed by atoms with Gasteiger partial charge in [0.1, 0.15) is 8.24 Å². The van der Waals surface area contributed by atoms with E-state index in [2.05, 4.69) is 93.4 Å². The predicted octanol–water partition coefficient (Wildman–Crippen LogP) is 5.31. The summed E-state index contributed by atoms with van der Waals surface area (Å²) in [6, 6.07) is 0.495. The van der Waals surface area contributed by atoms with Gasteiger partial charge in [-0.1, -0.05) is 89.0 Å². The maximum absolute atomic E-state index is 2.88. The molecule has 1 unspecified atom stereocenters. The highest BCUT2D eigenvalue weighted by molar-refractivity contribution is 7.60. The Morgan fingerprint density at radius 2 is 1.30 bits per heavy atom. The van der Waals surface area contributed by atoms with Gasteiger partial charge in [-0.3, -0.25) is 4.34 Å². The quantitative estimate of drug-likeness (QED) is 0.502. The molecule has 0 aromatic rings. The molecule has 0 fully saturated rings. The Kier molecular flexibility index (Phi) is 4.58. The Labute approximate surface area is 127 Å². The zero-order valence-corrected chi connectivity index (χ0v) is 15.6. The molecule has 0 aliphatic heterocycles. The van der Waals surface area contributed by atoms with Gasteiger partial charge in [0, 0.05) is 11.7 Å². The van der Waals surface area contributed by atoms with E-state index in [1.807, 2.05) is 0 Å². The molecular formula is C17H28NPSi. The summed E-state index contributed by atoms with van der Waals surface area (Å²) in [5, 5.41) is 0.323. The van der Waals surface area contributed by atoms with Crippen LogP contribution < -0.4 is 0 Å². The smallest absolute Gasteiger partial charge is 0.124 e. The number of hydrogen-bond acceptors (Lipinski definition) is 1. The van der Waals surface area contributed by atoms with Crippen LogP contribution in [0.25, 0.3) is 0 Å². The van der Waals surface area contributed by atoms with Crippen molar-refractivity contribution in [2.75, 3.05) is 0 Å². The number of rotatable bonds is 4. The minimum atomic E-state index is -1.40. The lowest BCUT2D eigenvalue weighted by Crippen LogP contribution is -2.50. The number of allylic oxidation sites excluding steroid dienone is 6. The van der Waals surface area contributed by atoms with E-state index in [9.17, 15) is 0 Å². The molecule has 0 spiro atoms. The molecule has 2 aliphatic rings. The SMILES string of the molecule is CC(C)(C)P(C1C=CC=C1)N(C1C=CC=C1)[Si](C)(C)C. The monoisotopic (exact) mass is 305 g/mol. The van der Waals surface area contributed by atoms with Gasteiger partial charge >= 0.3 is 0 Å². The van der Waals surface area contributed by atoms with Gasteiger partial charge in [0.05, 0.1) is 0 Å². The Bertz CT molecular complexity index is 394. The second-order valence-electron chi connectivity index (χ2n) is 7.55. The molecule has 0 aromatic heterocycles. The summed E-state index contributed by atoms with van der Waals surface area (Å²) in [6.07, 6.45) is 18.4. The van der Waals surface area contributed by atoms with Crippen molar-refractivity contribution in [2.45, 2.75) is 57.3 Å². The van der Waals surface area contributed by atoms with E-state index in [4.69, 9.17) is 0 Å². The van der Waals surface area contributed by atoms with Crippen molar-refractivity contribution in [1.29, 1.82) is 0 Å². The molecular weight excluding hydrogens is 277 g/mol. The first-order valence-corrected chi connectivity index (χ1v) is 12.3. The minimum Gasteiger partial charge on any atom is -0.292 e. The van der Waals surface area contributed by atoms with Gasteiger partial charge in [0.15, 0.2) is 0 Å². The highest BCUT2D eigenvalue weighted by Gasteiger charge is 2.43. The fourth-order valence-electron chi connectivity index (χ4n) is 2.99. The van der Waals surface area contributed by atoms with Gasteiger partial charge < -0.3 is 0 Å². The summed E-state index contributed by atoms with van der Waals surface area (Å²) in [7, 11) is -1.65. The van der Waals surface area contributed by atoms with Crippen molar-refractivity contribution in [2.24, 2.45) is 0 Å². The molecule has 0 bridgehead atoms. The van der Waals surface area contributed by atoms with Crippen molar-refractivity contribution < 1.29 is 0 Å². The number of hydrogen-bond donors (Lipinski definition) is 0. The van der Waals surface area contributed by atoms with Crippen LogP contribution in [-0.2, 0) is 0 Å². The van der Waals surface area contributed by atoms with Crippen molar-refractivity contribution in [3.05, 3.63) is 48.6 Å². The van der Waals surface area contributed by atoms with Crippen LogP contribution in [0.2, 0.25) is 19.6 Å². The standard InChI is InChI=1S/C17H28NPSi/c1-17(2,3)19(16-13-9-10-14-16)18(20(4,5)6)15-11-7-8-12-15/h7-16H,1-6H3. The Morgan fingerprint density at radius 3 is 1.70 bits per heavy atom.